The maximum atomic E-state index is 12.9. The van der Waals surface area contributed by atoms with E-state index >= 15 is 0 Å². The maximum absolute atomic E-state index is 12.9. The molecule has 3 rings (SSSR count). The molecule has 3 saturated heterocycles. The van der Waals surface area contributed by atoms with E-state index in [9.17, 15) is 57.6 Å². The average molecular weight is 747 g/mol. The van der Waals surface area contributed by atoms with Crippen LogP contribution < -0.4 is 4.13 Å². The van der Waals surface area contributed by atoms with Gasteiger partial charge >= 0.3 is 40.6 Å². The minimum Gasteiger partial charge on any atom is -0.462 e. The van der Waals surface area contributed by atoms with Crippen LogP contribution in [0, 0.1) is 11.8 Å². The Morgan fingerprint density at radius 3 is 2.08 bits per heavy atom. The summed E-state index contributed by atoms with van der Waals surface area (Å²) in [5, 5.41) is 9.08. The summed E-state index contributed by atoms with van der Waals surface area (Å²) >= 11 is 1.56. The van der Waals surface area contributed by atoms with Crippen LogP contribution in [0.3, 0.4) is 0 Å². The van der Waals surface area contributed by atoms with Gasteiger partial charge in [0.15, 0.2) is 6.10 Å². The zero-order chi connectivity index (χ0) is 30.6. The van der Waals surface area contributed by atoms with Crippen molar-refractivity contribution in [1.29, 1.82) is 0 Å². The summed E-state index contributed by atoms with van der Waals surface area (Å²) in [7, 11) is -12.0. The Labute approximate surface area is 233 Å². The fourth-order valence-corrected chi connectivity index (χ4v) is 7.30. The number of hydrogen-bond acceptors (Lipinski definition) is 13. The predicted molar refractivity (Wildman–Crippen MR) is 118 cm³/mol. The third-order valence-electron chi connectivity index (χ3n) is 5.76. The summed E-state index contributed by atoms with van der Waals surface area (Å²) in [4.78, 5) is 36.2. The van der Waals surface area contributed by atoms with Crippen molar-refractivity contribution in [3.05, 3.63) is 10.2 Å². The van der Waals surface area contributed by atoms with E-state index in [4.69, 9.17) is 24.1 Å². The summed E-state index contributed by atoms with van der Waals surface area (Å²) < 4.78 is 151. The van der Waals surface area contributed by atoms with Gasteiger partial charge in [0.2, 0.25) is 10.0 Å². The molecule has 14 nitrogen and oxygen atoms in total. The summed E-state index contributed by atoms with van der Waals surface area (Å²) in [5.74, 6) is -9.24. The molecule has 0 aromatic carbocycles. The van der Waals surface area contributed by atoms with Gasteiger partial charge in [-0.15, -0.1) is 0 Å². The van der Waals surface area contributed by atoms with Crippen molar-refractivity contribution in [3.63, 3.8) is 0 Å². The van der Waals surface area contributed by atoms with Crippen LogP contribution in [0.5, 0.6) is 0 Å². The van der Waals surface area contributed by atoms with Gasteiger partial charge < -0.3 is 24.1 Å². The van der Waals surface area contributed by atoms with Crippen LogP contribution in [0.1, 0.15) is 0 Å². The number of halogens is 7. The molecule has 2 N–H and O–H groups in total. The van der Waals surface area contributed by atoms with Crippen LogP contribution in [0.4, 0.5) is 26.3 Å². The van der Waals surface area contributed by atoms with E-state index in [1.54, 1.807) is 22.6 Å². The highest BCUT2D eigenvalue weighted by Crippen LogP contribution is 2.51. The first-order chi connectivity index (χ1) is 18.0. The van der Waals surface area contributed by atoms with Crippen LogP contribution in [0.2, 0.25) is 0 Å². The van der Waals surface area contributed by atoms with E-state index in [1.165, 1.54) is 0 Å². The largest absolute Gasteiger partial charge is 0.462 e. The molecule has 0 radical (unpaired) electrons. The molecule has 0 spiro atoms. The third-order valence-corrected chi connectivity index (χ3v) is 9.31. The predicted octanol–water partition coefficient (Wildman–Crippen LogP) is -0.635. The Kier molecular flexibility index (Phi) is 8.83. The number of hydrogen-bond donors (Lipinski definition) is 2. The van der Waals surface area contributed by atoms with Gasteiger partial charge in [-0.05, 0) is 22.6 Å². The molecule has 6 unspecified atom stereocenters. The molecule has 0 amide bonds. The van der Waals surface area contributed by atoms with Gasteiger partial charge in [-0.25, -0.2) is 17.4 Å². The zero-order valence-corrected chi connectivity index (χ0v) is 22.9. The number of nitrogens with one attached hydrogen (secondary N) is 1. The monoisotopic (exact) mass is 747 g/mol. The summed E-state index contributed by atoms with van der Waals surface area (Å²) in [6.07, 6.45) is -19.7. The first kappa shape index (κ1) is 32.7. The van der Waals surface area contributed by atoms with Crippen molar-refractivity contribution in [2.24, 2.45) is 11.8 Å². The average Bonchev–Trinajstić information content (AvgIpc) is 3.37. The highest BCUT2D eigenvalue weighted by atomic mass is 127. The lowest BCUT2D eigenvalue weighted by Crippen LogP contribution is -2.62. The van der Waals surface area contributed by atoms with Gasteiger partial charge in [0, 0.05) is 0 Å². The quantitative estimate of drug-likeness (QED) is 0.0677. The SMILES string of the molecule is C=C(I)C(=O)OCCOC(=O)C1C2OC3C(OC(=O)C31)C2OS(=O)(=O)NS(=O)(=O)CC(O)(C(F)(F)F)C(F)(F)F. The Morgan fingerprint density at radius 1 is 1.00 bits per heavy atom. The molecular weight excluding hydrogens is 731 g/mol. The van der Waals surface area contributed by atoms with Crippen LogP contribution >= 0.6 is 22.6 Å². The molecule has 23 heteroatoms. The second-order valence-corrected chi connectivity index (χ2v) is 13.0. The highest BCUT2D eigenvalue weighted by molar-refractivity contribution is 14.1. The Morgan fingerprint density at radius 2 is 1.55 bits per heavy atom. The highest BCUT2D eigenvalue weighted by Gasteiger charge is 2.73. The Bertz CT molecular complexity index is 1290. The van der Waals surface area contributed by atoms with Gasteiger partial charge in [-0.1, -0.05) is 10.7 Å². The first-order valence-corrected chi connectivity index (χ1v) is 14.5. The first-order valence-electron chi connectivity index (χ1n) is 10.4. The van der Waals surface area contributed by atoms with Crippen molar-refractivity contribution in [2.75, 3.05) is 19.0 Å². The van der Waals surface area contributed by atoms with Crippen LogP contribution in [-0.4, -0.2) is 101 Å². The lowest BCUT2D eigenvalue weighted by molar-refractivity contribution is -0.359. The molecule has 0 aromatic heterocycles. The van der Waals surface area contributed by atoms with Gasteiger partial charge in [0.05, 0.1) is 3.58 Å². The standard InChI is InChI=1S/C17H16F6INO13S2/c1-5(24)12(26)34-2-3-35-13(27)6-7-8-10(37-14(7)28)11(9(6)36-8)38-40(32,33)25-39(30,31)4-15(29,16(18,19)20)17(21,22)23/h6-11,25,29H,1-4H2. The third kappa shape index (κ3) is 6.33. The summed E-state index contributed by atoms with van der Waals surface area (Å²) in [6, 6.07) is 0. The van der Waals surface area contributed by atoms with E-state index in [-0.39, 0.29) is 3.58 Å². The van der Waals surface area contributed by atoms with E-state index in [1.807, 2.05) is 0 Å². The molecule has 2 bridgehead atoms. The smallest absolute Gasteiger partial charge is 0.427 e. The molecule has 3 fully saturated rings. The van der Waals surface area contributed by atoms with Crippen molar-refractivity contribution in [3.8, 4) is 0 Å². The lowest BCUT2D eigenvalue weighted by Gasteiger charge is -2.31. The zero-order valence-electron chi connectivity index (χ0n) is 19.1. The van der Waals surface area contributed by atoms with Gasteiger partial charge in [0.1, 0.15) is 49.1 Å². The molecule has 3 aliphatic rings. The summed E-state index contributed by atoms with van der Waals surface area (Å²) in [5.41, 5.74) is -5.86. The Hall–Kier alpha value is -1.80. The van der Waals surface area contributed by atoms with Crippen LogP contribution in [0.15, 0.2) is 10.2 Å². The molecule has 0 saturated carbocycles. The number of esters is 3. The second kappa shape index (κ2) is 10.8. The Balaban J connectivity index is 1.73. The van der Waals surface area contributed by atoms with E-state index in [2.05, 4.69) is 10.8 Å². The van der Waals surface area contributed by atoms with Crippen molar-refractivity contribution in [1.82, 2.24) is 4.13 Å². The molecule has 3 heterocycles. The fraction of sp³-hybridized carbons (Fsp3) is 0.706. The van der Waals surface area contributed by atoms with E-state index in [0.29, 0.717) is 4.13 Å². The number of alkyl halides is 6. The van der Waals surface area contributed by atoms with Gasteiger partial charge in [0.25, 0.3) is 5.60 Å². The number of fused-ring (bicyclic) bond motifs is 1. The van der Waals surface area contributed by atoms with Crippen LogP contribution in [0.25, 0.3) is 0 Å². The lowest BCUT2D eigenvalue weighted by atomic mass is 9.78. The van der Waals surface area contributed by atoms with Crippen molar-refractivity contribution in [2.45, 2.75) is 42.4 Å². The van der Waals surface area contributed by atoms with E-state index < -0.39 is 111 Å². The number of ether oxygens (including phenoxy) is 4. The minimum atomic E-state index is -6.59. The summed E-state index contributed by atoms with van der Waals surface area (Å²) in [6.45, 7) is 2.31. The molecule has 0 aliphatic carbocycles. The number of aliphatic hydroxyl groups is 1. The van der Waals surface area contributed by atoms with Crippen molar-refractivity contribution < 1.29 is 85.8 Å². The molecule has 6 atom stereocenters. The topological polar surface area (TPSA) is 198 Å². The number of sulfonamides is 1. The normalized spacial score (nSPS) is 28.4. The van der Waals surface area contributed by atoms with Gasteiger partial charge in [-0.3, -0.25) is 9.59 Å². The van der Waals surface area contributed by atoms with E-state index in [0.717, 1.165) is 0 Å². The molecule has 40 heavy (non-hydrogen) atoms. The van der Waals surface area contributed by atoms with Gasteiger partial charge in [-0.2, -0.15) is 34.8 Å². The maximum Gasteiger partial charge on any atom is 0.427 e. The second-order valence-electron chi connectivity index (χ2n) is 8.44. The molecule has 228 valence electrons. The number of carbonyl (C=O) groups excluding carboxylic acids is 3. The fourth-order valence-electron chi connectivity index (χ4n) is 4.12. The molecule has 3 aliphatic heterocycles. The number of carbonyl (C=O) groups is 3. The molecule has 0 aromatic rings. The minimum absolute atomic E-state index is 0.00323. The van der Waals surface area contributed by atoms with Crippen LogP contribution in [-0.2, 0) is 57.8 Å². The molecular formula is C17H16F6INO13S2. The number of rotatable bonds is 11. The van der Waals surface area contributed by atoms with Crippen molar-refractivity contribution >= 4 is 60.8 Å².